The summed E-state index contributed by atoms with van der Waals surface area (Å²) in [7, 11) is 1.55. The van der Waals surface area contributed by atoms with Crippen LogP contribution in [0.4, 0.5) is 5.69 Å². The van der Waals surface area contributed by atoms with E-state index in [9.17, 15) is 14.4 Å². The van der Waals surface area contributed by atoms with Crippen molar-refractivity contribution in [2.45, 2.75) is 33.3 Å². The minimum Gasteiger partial charge on any atom is -0.497 e. The Balaban J connectivity index is 2.12. The van der Waals surface area contributed by atoms with Crippen molar-refractivity contribution in [3.05, 3.63) is 71.4 Å². The van der Waals surface area contributed by atoms with E-state index in [1.807, 2.05) is 6.92 Å². The van der Waals surface area contributed by atoms with Crippen molar-refractivity contribution >= 4 is 23.4 Å². The van der Waals surface area contributed by atoms with Crippen LogP contribution in [0, 0.1) is 0 Å². The zero-order valence-corrected chi connectivity index (χ0v) is 18.0. The first-order chi connectivity index (χ1) is 15.0. The first-order valence-corrected chi connectivity index (χ1v) is 10.1. The first kappa shape index (κ1) is 23.7. The van der Waals surface area contributed by atoms with Gasteiger partial charge in [0.2, 0.25) is 0 Å². The van der Waals surface area contributed by atoms with Gasteiger partial charge in [-0.25, -0.2) is 9.59 Å². The number of hydrogen-bond donors (Lipinski definition) is 1. The largest absolute Gasteiger partial charge is 0.497 e. The molecule has 7 nitrogen and oxygen atoms in total. The summed E-state index contributed by atoms with van der Waals surface area (Å²) in [5.41, 5.74) is 1.65. The lowest BCUT2D eigenvalue weighted by molar-refractivity contribution is -0.140. The van der Waals surface area contributed by atoms with Gasteiger partial charge in [0.25, 0.3) is 0 Å². The zero-order chi connectivity index (χ0) is 22.6. The van der Waals surface area contributed by atoms with E-state index < -0.39 is 11.9 Å². The van der Waals surface area contributed by atoms with Crippen molar-refractivity contribution in [2.24, 2.45) is 0 Å². The van der Waals surface area contributed by atoms with Gasteiger partial charge >= 0.3 is 11.9 Å². The average molecular weight is 425 g/mol. The number of para-hydroxylation sites is 1. The van der Waals surface area contributed by atoms with Crippen molar-refractivity contribution in [1.82, 2.24) is 0 Å². The Kier molecular flexibility index (Phi) is 9.29. The van der Waals surface area contributed by atoms with E-state index in [2.05, 4.69) is 5.32 Å². The summed E-state index contributed by atoms with van der Waals surface area (Å²) in [6, 6.07) is 13.8. The van der Waals surface area contributed by atoms with Crippen LogP contribution in [-0.4, -0.2) is 31.4 Å². The topological polar surface area (TPSA) is 90.9 Å². The standard InChI is InChI=1S/C24H27NO6/c1-4-8-22(26)20(24(28)30-5-2)15-25-21-10-7-6-9-18(21)16-31-23(27)17-11-13-19(29-3)14-12-17/h6-7,9-15,25H,4-5,8,16H2,1-3H3. The number of Topliss-reactive ketones (excluding diaryl/α,β-unsaturated/α-hetero) is 1. The summed E-state index contributed by atoms with van der Waals surface area (Å²) >= 11 is 0. The highest BCUT2D eigenvalue weighted by Gasteiger charge is 2.19. The molecule has 0 unspecified atom stereocenters. The van der Waals surface area contributed by atoms with Crippen molar-refractivity contribution in [1.29, 1.82) is 0 Å². The number of hydrogen-bond acceptors (Lipinski definition) is 7. The normalized spacial score (nSPS) is 10.9. The summed E-state index contributed by atoms with van der Waals surface area (Å²) in [5, 5.41) is 2.98. The summed E-state index contributed by atoms with van der Waals surface area (Å²) < 4.78 is 15.5. The highest BCUT2D eigenvalue weighted by atomic mass is 16.5. The van der Waals surface area contributed by atoms with Crippen LogP contribution >= 0.6 is 0 Å². The van der Waals surface area contributed by atoms with Gasteiger partial charge in [-0.1, -0.05) is 25.1 Å². The molecule has 0 aliphatic carbocycles. The molecule has 7 heteroatoms. The third kappa shape index (κ3) is 6.99. The molecule has 0 aliphatic rings. The minimum atomic E-state index is -0.670. The maximum atomic E-state index is 12.3. The Hall–Kier alpha value is -3.61. The van der Waals surface area contributed by atoms with Crippen LogP contribution in [0.5, 0.6) is 5.75 Å². The number of nitrogens with one attached hydrogen (secondary N) is 1. The zero-order valence-electron chi connectivity index (χ0n) is 18.0. The SMILES string of the molecule is CCCC(=O)C(=CNc1ccccc1COC(=O)c1ccc(OC)cc1)C(=O)OCC. The number of carbonyl (C=O) groups is 3. The van der Waals surface area contributed by atoms with Crippen molar-refractivity contribution in [3.63, 3.8) is 0 Å². The Morgan fingerprint density at radius 3 is 2.32 bits per heavy atom. The maximum absolute atomic E-state index is 12.3. The molecule has 0 radical (unpaired) electrons. The van der Waals surface area contributed by atoms with Gasteiger partial charge in [-0.2, -0.15) is 0 Å². The quantitative estimate of drug-likeness (QED) is 0.249. The van der Waals surface area contributed by atoms with E-state index in [0.29, 0.717) is 29.0 Å². The van der Waals surface area contributed by atoms with E-state index in [0.717, 1.165) is 0 Å². The number of rotatable bonds is 11. The Morgan fingerprint density at radius 2 is 1.68 bits per heavy atom. The predicted molar refractivity (Wildman–Crippen MR) is 117 cm³/mol. The van der Waals surface area contributed by atoms with E-state index in [1.54, 1.807) is 62.6 Å². The van der Waals surface area contributed by atoms with E-state index in [4.69, 9.17) is 14.2 Å². The number of ketones is 1. The van der Waals surface area contributed by atoms with Gasteiger partial charge in [-0.15, -0.1) is 0 Å². The second-order valence-electron chi connectivity index (χ2n) is 6.56. The molecule has 0 saturated heterocycles. The first-order valence-electron chi connectivity index (χ1n) is 10.1. The summed E-state index contributed by atoms with van der Waals surface area (Å²) in [6.45, 7) is 3.73. The van der Waals surface area contributed by atoms with Gasteiger partial charge in [0, 0.05) is 23.9 Å². The molecule has 164 valence electrons. The van der Waals surface area contributed by atoms with Gasteiger partial charge in [0.15, 0.2) is 5.78 Å². The molecule has 0 amide bonds. The number of methoxy groups -OCH3 is 1. The Morgan fingerprint density at radius 1 is 0.968 bits per heavy atom. The second kappa shape index (κ2) is 12.2. The molecular formula is C24H27NO6. The number of ether oxygens (including phenoxy) is 3. The molecule has 2 aromatic rings. The third-order valence-corrected chi connectivity index (χ3v) is 4.35. The maximum Gasteiger partial charge on any atom is 0.343 e. The summed E-state index contributed by atoms with van der Waals surface area (Å²) in [4.78, 5) is 36.8. The minimum absolute atomic E-state index is 0.0134. The summed E-state index contributed by atoms with van der Waals surface area (Å²) in [5.74, 6) is -0.792. The summed E-state index contributed by atoms with van der Waals surface area (Å²) in [6.07, 6.45) is 2.21. The van der Waals surface area contributed by atoms with Crippen LogP contribution in [0.1, 0.15) is 42.6 Å². The van der Waals surface area contributed by atoms with E-state index in [1.165, 1.54) is 6.20 Å². The highest BCUT2D eigenvalue weighted by Crippen LogP contribution is 2.19. The van der Waals surface area contributed by atoms with Gasteiger partial charge in [0.05, 0.1) is 19.3 Å². The fourth-order valence-corrected chi connectivity index (χ4v) is 2.71. The molecular weight excluding hydrogens is 398 g/mol. The lowest BCUT2D eigenvalue weighted by Gasteiger charge is -2.12. The van der Waals surface area contributed by atoms with Crippen molar-refractivity contribution in [2.75, 3.05) is 19.0 Å². The van der Waals surface area contributed by atoms with Crippen LogP contribution in [-0.2, 0) is 25.7 Å². The number of benzene rings is 2. The van der Waals surface area contributed by atoms with Gasteiger partial charge in [-0.3, -0.25) is 4.79 Å². The third-order valence-electron chi connectivity index (χ3n) is 4.35. The van der Waals surface area contributed by atoms with Crippen molar-refractivity contribution in [3.8, 4) is 5.75 Å². The molecule has 1 N–H and O–H groups in total. The lowest BCUT2D eigenvalue weighted by atomic mass is 10.1. The molecule has 0 saturated carbocycles. The predicted octanol–water partition coefficient (Wildman–Crippen LogP) is 4.28. The Bertz CT molecular complexity index is 913. The van der Waals surface area contributed by atoms with Crippen LogP contribution in [0.25, 0.3) is 0 Å². The number of carbonyl (C=O) groups excluding carboxylic acids is 3. The van der Waals surface area contributed by atoms with Gasteiger partial charge in [0.1, 0.15) is 17.9 Å². The molecule has 0 fully saturated rings. The van der Waals surface area contributed by atoms with Crippen LogP contribution < -0.4 is 10.1 Å². The second-order valence-corrected chi connectivity index (χ2v) is 6.56. The molecule has 0 spiro atoms. The van der Waals surface area contributed by atoms with Gasteiger partial charge < -0.3 is 19.5 Å². The smallest absolute Gasteiger partial charge is 0.343 e. The molecule has 2 aromatic carbocycles. The molecule has 31 heavy (non-hydrogen) atoms. The van der Waals surface area contributed by atoms with Crippen LogP contribution in [0.3, 0.4) is 0 Å². The molecule has 0 atom stereocenters. The highest BCUT2D eigenvalue weighted by molar-refractivity contribution is 6.17. The monoisotopic (exact) mass is 425 g/mol. The average Bonchev–Trinajstić information content (AvgIpc) is 2.78. The van der Waals surface area contributed by atoms with Crippen LogP contribution in [0.2, 0.25) is 0 Å². The molecule has 2 rings (SSSR count). The van der Waals surface area contributed by atoms with Crippen molar-refractivity contribution < 1.29 is 28.6 Å². The van der Waals surface area contributed by atoms with E-state index >= 15 is 0 Å². The molecule has 0 bridgehead atoms. The molecule has 0 heterocycles. The number of anilines is 1. The van der Waals surface area contributed by atoms with E-state index in [-0.39, 0.29) is 31.0 Å². The number of esters is 2. The molecule has 0 aromatic heterocycles. The van der Waals surface area contributed by atoms with Gasteiger partial charge in [-0.05, 0) is 43.7 Å². The fraction of sp³-hybridized carbons (Fsp3) is 0.292. The Labute approximate surface area is 182 Å². The lowest BCUT2D eigenvalue weighted by Crippen LogP contribution is -2.17. The molecule has 0 aliphatic heterocycles. The van der Waals surface area contributed by atoms with Crippen LogP contribution in [0.15, 0.2) is 60.3 Å². The fourth-order valence-electron chi connectivity index (χ4n) is 2.71.